The summed E-state index contributed by atoms with van der Waals surface area (Å²) in [5.41, 5.74) is 0. The second-order valence-electron chi connectivity index (χ2n) is 2.87. The van der Waals surface area contributed by atoms with Crippen molar-refractivity contribution in [1.82, 2.24) is 0 Å². The zero-order valence-electron chi connectivity index (χ0n) is 6.16. The molecule has 0 atom stereocenters. The highest BCUT2D eigenvalue weighted by Crippen LogP contribution is 2.41. The van der Waals surface area contributed by atoms with Crippen molar-refractivity contribution in [3.8, 4) is 0 Å². The van der Waals surface area contributed by atoms with Crippen molar-refractivity contribution in [3.63, 3.8) is 0 Å². The minimum absolute atomic E-state index is 0.306. The first kappa shape index (κ1) is 7.79. The van der Waals surface area contributed by atoms with Crippen LogP contribution in [0.25, 0.3) is 0 Å². The van der Waals surface area contributed by atoms with Crippen molar-refractivity contribution in [1.29, 1.82) is 0 Å². The monoisotopic (exact) mass is 190 g/mol. The van der Waals surface area contributed by atoms with E-state index in [2.05, 4.69) is 0 Å². The van der Waals surface area contributed by atoms with Crippen LogP contribution in [0.4, 0.5) is 3.89 Å². The summed E-state index contributed by atoms with van der Waals surface area (Å²) in [5.74, 6) is 0.881. The Bertz CT molecular complexity index is 389. The Balaban J connectivity index is 2.35. The van der Waals surface area contributed by atoms with Crippen LogP contribution in [0.3, 0.4) is 0 Å². The summed E-state index contributed by atoms with van der Waals surface area (Å²) >= 11 is 0. The van der Waals surface area contributed by atoms with Gasteiger partial charge in [0.15, 0.2) is 0 Å². The van der Waals surface area contributed by atoms with Gasteiger partial charge >= 0.3 is 10.2 Å². The smallest absolute Gasteiger partial charge is 0.365 e. The topological polar surface area (TPSA) is 47.3 Å². The molecule has 0 N–H and O–H groups in total. The molecule has 0 spiro atoms. The third kappa shape index (κ3) is 1.36. The van der Waals surface area contributed by atoms with E-state index >= 15 is 0 Å². The molecular formula is C7H7FO3S. The normalized spacial score (nSPS) is 18.1. The molecular weight excluding hydrogens is 183 g/mol. The number of halogens is 1. The van der Waals surface area contributed by atoms with E-state index in [1.54, 1.807) is 0 Å². The Morgan fingerprint density at radius 1 is 1.42 bits per heavy atom. The van der Waals surface area contributed by atoms with Crippen molar-refractivity contribution in [2.75, 3.05) is 0 Å². The Hall–Kier alpha value is -0.840. The van der Waals surface area contributed by atoms with Crippen LogP contribution in [0.15, 0.2) is 21.6 Å². The lowest BCUT2D eigenvalue weighted by molar-refractivity contribution is 0.404. The molecule has 1 aromatic rings. The molecule has 3 nitrogen and oxygen atoms in total. The Kier molecular flexibility index (Phi) is 1.51. The molecule has 2 rings (SSSR count). The van der Waals surface area contributed by atoms with E-state index < -0.39 is 15.3 Å². The lowest BCUT2D eigenvalue weighted by atomic mass is 10.3. The zero-order chi connectivity index (χ0) is 8.77. The molecule has 1 saturated carbocycles. The first-order valence-corrected chi connectivity index (χ1v) is 5.00. The largest absolute Gasteiger partial charge is 0.447 e. The van der Waals surface area contributed by atoms with E-state index in [4.69, 9.17) is 4.42 Å². The van der Waals surface area contributed by atoms with Gasteiger partial charge in [0.25, 0.3) is 0 Å². The summed E-state index contributed by atoms with van der Waals surface area (Å²) in [6.45, 7) is 0. The van der Waals surface area contributed by atoms with Crippen LogP contribution in [-0.2, 0) is 10.2 Å². The summed E-state index contributed by atoms with van der Waals surface area (Å²) in [6, 6.07) is 2.67. The number of hydrogen-bond acceptors (Lipinski definition) is 3. The Morgan fingerprint density at radius 2 is 2.08 bits per heavy atom. The summed E-state index contributed by atoms with van der Waals surface area (Å²) in [5, 5.41) is -0.579. The number of rotatable bonds is 2. The van der Waals surface area contributed by atoms with Gasteiger partial charge in [-0.15, -0.1) is 0 Å². The second-order valence-corrected chi connectivity index (χ2v) is 4.15. The van der Waals surface area contributed by atoms with Crippen LogP contribution in [0.1, 0.15) is 24.5 Å². The van der Waals surface area contributed by atoms with Crippen LogP contribution in [0.5, 0.6) is 0 Å². The van der Waals surface area contributed by atoms with Crippen LogP contribution in [-0.4, -0.2) is 8.42 Å². The standard InChI is InChI=1S/C7H7FO3S/c8-12(9,10)7-4-3-6(11-7)5-1-2-5/h3-5H,1-2H2. The number of furan rings is 1. The molecule has 0 unspecified atom stereocenters. The Labute approximate surface area is 69.4 Å². The highest BCUT2D eigenvalue weighted by molar-refractivity contribution is 7.86. The summed E-state index contributed by atoms with van der Waals surface area (Å²) < 4.78 is 37.8. The first-order chi connectivity index (χ1) is 5.57. The molecule has 1 aliphatic carbocycles. The van der Waals surface area contributed by atoms with Gasteiger partial charge in [-0.2, -0.15) is 8.42 Å². The van der Waals surface area contributed by atoms with Crippen molar-refractivity contribution in [2.24, 2.45) is 0 Å². The van der Waals surface area contributed by atoms with Crippen LogP contribution >= 0.6 is 0 Å². The van der Waals surface area contributed by atoms with E-state index in [0.29, 0.717) is 11.7 Å². The maximum atomic E-state index is 12.3. The maximum absolute atomic E-state index is 12.3. The molecule has 0 amide bonds. The van der Waals surface area contributed by atoms with Gasteiger partial charge in [0.2, 0.25) is 5.09 Å². The molecule has 12 heavy (non-hydrogen) atoms. The van der Waals surface area contributed by atoms with Gasteiger partial charge < -0.3 is 4.42 Å². The van der Waals surface area contributed by atoms with E-state index in [9.17, 15) is 12.3 Å². The predicted octanol–water partition coefficient (Wildman–Crippen LogP) is 1.82. The molecule has 0 aromatic carbocycles. The average molecular weight is 190 g/mol. The molecule has 1 fully saturated rings. The van der Waals surface area contributed by atoms with Gasteiger partial charge in [-0.1, -0.05) is 3.89 Å². The quantitative estimate of drug-likeness (QED) is 0.668. The maximum Gasteiger partial charge on any atom is 0.365 e. The van der Waals surface area contributed by atoms with Crippen molar-refractivity contribution in [3.05, 3.63) is 17.9 Å². The van der Waals surface area contributed by atoms with E-state index in [1.165, 1.54) is 6.07 Å². The minimum atomic E-state index is -4.65. The minimum Gasteiger partial charge on any atom is -0.447 e. The molecule has 0 saturated heterocycles. The predicted molar refractivity (Wildman–Crippen MR) is 39.0 cm³/mol. The third-order valence-corrected chi connectivity index (χ3v) is 2.52. The molecule has 0 radical (unpaired) electrons. The first-order valence-electron chi connectivity index (χ1n) is 3.62. The number of hydrogen-bond donors (Lipinski definition) is 0. The van der Waals surface area contributed by atoms with E-state index in [0.717, 1.165) is 18.9 Å². The zero-order valence-corrected chi connectivity index (χ0v) is 6.97. The molecule has 0 bridgehead atoms. The molecule has 0 aliphatic heterocycles. The third-order valence-electron chi connectivity index (χ3n) is 1.82. The lowest BCUT2D eigenvalue weighted by Crippen LogP contribution is -1.87. The van der Waals surface area contributed by atoms with Crippen molar-refractivity contribution < 1.29 is 16.7 Å². The van der Waals surface area contributed by atoms with E-state index in [-0.39, 0.29) is 0 Å². The fraction of sp³-hybridized carbons (Fsp3) is 0.429. The average Bonchev–Trinajstić information content (AvgIpc) is 2.66. The van der Waals surface area contributed by atoms with Crippen molar-refractivity contribution >= 4 is 10.2 Å². The fourth-order valence-electron chi connectivity index (χ4n) is 1.05. The fourth-order valence-corrected chi connectivity index (χ4v) is 1.48. The van der Waals surface area contributed by atoms with E-state index in [1.807, 2.05) is 0 Å². The van der Waals surface area contributed by atoms with Crippen LogP contribution < -0.4 is 0 Å². The second kappa shape index (κ2) is 2.32. The SMILES string of the molecule is O=S(=O)(F)c1ccc(C2CC2)o1. The Morgan fingerprint density at radius 3 is 2.50 bits per heavy atom. The molecule has 1 aliphatic rings. The van der Waals surface area contributed by atoms with Crippen LogP contribution in [0.2, 0.25) is 0 Å². The molecule has 1 heterocycles. The summed E-state index contributed by atoms with van der Waals surface area (Å²) in [4.78, 5) is 0. The highest BCUT2D eigenvalue weighted by atomic mass is 32.3. The lowest BCUT2D eigenvalue weighted by Gasteiger charge is -1.88. The van der Waals surface area contributed by atoms with Gasteiger partial charge in [0.1, 0.15) is 5.76 Å². The van der Waals surface area contributed by atoms with Gasteiger partial charge in [0.05, 0.1) is 0 Å². The molecule has 5 heteroatoms. The van der Waals surface area contributed by atoms with Gasteiger partial charge in [-0.05, 0) is 25.0 Å². The van der Waals surface area contributed by atoms with Gasteiger partial charge in [-0.25, -0.2) is 0 Å². The summed E-state index contributed by atoms with van der Waals surface area (Å²) in [6.07, 6.45) is 2.00. The molecule has 1 aromatic heterocycles. The van der Waals surface area contributed by atoms with Crippen molar-refractivity contribution in [2.45, 2.75) is 23.9 Å². The van der Waals surface area contributed by atoms with Gasteiger partial charge in [0, 0.05) is 5.92 Å². The highest BCUT2D eigenvalue weighted by Gasteiger charge is 2.28. The molecule has 66 valence electrons. The summed E-state index contributed by atoms with van der Waals surface area (Å²) in [7, 11) is -4.65. The van der Waals surface area contributed by atoms with Gasteiger partial charge in [-0.3, -0.25) is 0 Å². The van der Waals surface area contributed by atoms with Crippen LogP contribution in [0, 0.1) is 0 Å².